The molecule has 2 heterocycles. The predicted octanol–water partition coefficient (Wildman–Crippen LogP) is 0.837. The lowest BCUT2D eigenvalue weighted by Crippen LogP contribution is -2.54. The molecule has 1 aromatic rings. The minimum absolute atomic E-state index is 0.105. The Balaban J connectivity index is 1.57. The smallest absolute Gasteiger partial charge is 0.253 e. The van der Waals surface area contributed by atoms with Crippen LogP contribution in [-0.4, -0.2) is 60.6 Å². The standard InChI is InChI=1S/C17H25N3O2/c18-15-7-4-8-20(12-15)17(21)16-13-19(9-10-22-16)11-14-5-2-1-3-6-14/h1-3,5-6,15-16H,4,7-13,18H2. The highest BCUT2D eigenvalue weighted by atomic mass is 16.5. The van der Waals surface area contributed by atoms with E-state index in [-0.39, 0.29) is 18.1 Å². The lowest BCUT2D eigenvalue weighted by molar-refractivity contribution is -0.150. The second kappa shape index (κ2) is 7.22. The third-order valence-corrected chi connectivity index (χ3v) is 4.44. The van der Waals surface area contributed by atoms with Crippen molar-refractivity contribution in [3.8, 4) is 0 Å². The largest absolute Gasteiger partial charge is 0.366 e. The molecule has 5 nitrogen and oxygen atoms in total. The molecule has 1 aromatic carbocycles. The SMILES string of the molecule is NC1CCCN(C(=O)C2CN(Cc3ccccc3)CCO2)C1. The zero-order valence-electron chi connectivity index (χ0n) is 13.0. The van der Waals surface area contributed by atoms with Gasteiger partial charge in [-0.1, -0.05) is 30.3 Å². The van der Waals surface area contributed by atoms with Crippen LogP contribution in [0.15, 0.2) is 30.3 Å². The van der Waals surface area contributed by atoms with E-state index in [0.29, 0.717) is 19.7 Å². The minimum Gasteiger partial charge on any atom is -0.366 e. The van der Waals surface area contributed by atoms with Crippen LogP contribution < -0.4 is 5.73 Å². The number of ether oxygens (including phenoxy) is 1. The fraction of sp³-hybridized carbons (Fsp3) is 0.588. The maximum Gasteiger partial charge on any atom is 0.253 e. The van der Waals surface area contributed by atoms with Crippen molar-refractivity contribution in [2.75, 3.05) is 32.8 Å². The third-order valence-electron chi connectivity index (χ3n) is 4.44. The van der Waals surface area contributed by atoms with Gasteiger partial charge in [0.1, 0.15) is 6.10 Å². The van der Waals surface area contributed by atoms with Crippen molar-refractivity contribution in [1.82, 2.24) is 9.80 Å². The first-order valence-electron chi connectivity index (χ1n) is 8.14. The zero-order chi connectivity index (χ0) is 15.4. The molecule has 22 heavy (non-hydrogen) atoms. The fourth-order valence-electron chi connectivity index (χ4n) is 3.25. The van der Waals surface area contributed by atoms with Gasteiger partial charge >= 0.3 is 0 Å². The van der Waals surface area contributed by atoms with Gasteiger partial charge in [-0.15, -0.1) is 0 Å². The number of nitrogens with two attached hydrogens (primary N) is 1. The molecule has 2 unspecified atom stereocenters. The van der Waals surface area contributed by atoms with Crippen molar-refractivity contribution in [3.63, 3.8) is 0 Å². The molecule has 0 radical (unpaired) electrons. The van der Waals surface area contributed by atoms with Crippen LogP contribution in [0.3, 0.4) is 0 Å². The van der Waals surface area contributed by atoms with E-state index >= 15 is 0 Å². The molecule has 2 aliphatic heterocycles. The number of piperidine rings is 1. The molecule has 0 spiro atoms. The molecule has 2 atom stereocenters. The molecule has 0 bridgehead atoms. The average molecular weight is 303 g/mol. The molecule has 2 aliphatic rings. The third kappa shape index (κ3) is 3.85. The van der Waals surface area contributed by atoms with E-state index in [2.05, 4.69) is 17.0 Å². The molecule has 1 amide bonds. The van der Waals surface area contributed by atoms with Gasteiger partial charge in [0.15, 0.2) is 0 Å². The van der Waals surface area contributed by atoms with Crippen LogP contribution in [0.25, 0.3) is 0 Å². The number of nitrogens with zero attached hydrogens (tertiary/aromatic N) is 2. The summed E-state index contributed by atoms with van der Waals surface area (Å²) in [5.41, 5.74) is 7.25. The van der Waals surface area contributed by atoms with Crippen LogP contribution in [0.5, 0.6) is 0 Å². The number of amides is 1. The molecule has 3 rings (SSSR count). The van der Waals surface area contributed by atoms with Crippen molar-refractivity contribution in [2.45, 2.75) is 31.5 Å². The number of benzene rings is 1. The second-order valence-electron chi connectivity index (χ2n) is 6.27. The Labute approximate surface area is 132 Å². The topological polar surface area (TPSA) is 58.8 Å². The maximum absolute atomic E-state index is 12.6. The van der Waals surface area contributed by atoms with Gasteiger partial charge in [0.05, 0.1) is 6.61 Å². The van der Waals surface area contributed by atoms with Gasteiger partial charge in [0, 0.05) is 38.8 Å². The maximum atomic E-state index is 12.6. The van der Waals surface area contributed by atoms with Crippen LogP contribution >= 0.6 is 0 Å². The van der Waals surface area contributed by atoms with Crippen LogP contribution in [0.4, 0.5) is 0 Å². The zero-order valence-corrected chi connectivity index (χ0v) is 13.0. The Morgan fingerprint density at radius 2 is 2.05 bits per heavy atom. The first-order valence-corrected chi connectivity index (χ1v) is 8.14. The molecular weight excluding hydrogens is 278 g/mol. The Morgan fingerprint density at radius 3 is 2.82 bits per heavy atom. The van der Waals surface area contributed by atoms with E-state index in [0.717, 1.165) is 32.5 Å². The van der Waals surface area contributed by atoms with Gasteiger partial charge in [-0.2, -0.15) is 0 Å². The summed E-state index contributed by atoms with van der Waals surface area (Å²) >= 11 is 0. The number of morpholine rings is 1. The summed E-state index contributed by atoms with van der Waals surface area (Å²) in [5.74, 6) is 0.105. The highest BCUT2D eigenvalue weighted by Gasteiger charge is 2.32. The molecule has 120 valence electrons. The van der Waals surface area contributed by atoms with Crippen molar-refractivity contribution in [1.29, 1.82) is 0 Å². The van der Waals surface area contributed by atoms with Crippen LogP contribution in [0, 0.1) is 0 Å². The lowest BCUT2D eigenvalue weighted by Gasteiger charge is -2.37. The van der Waals surface area contributed by atoms with E-state index < -0.39 is 0 Å². The Hall–Kier alpha value is -1.43. The molecule has 0 saturated carbocycles. The first kappa shape index (κ1) is 15.5. The summed E-state index contributed by atoms with van der Waals surface area (Å²) < 4.78 is 5.72. The summed E-state index contributed by atoms with van der Waals surface area (Å²) in [6.45, 7) is 4.50. The van der Waals surface area contributed by atoms with E-state index in [1.54, 1.807) is 0 Å². The number of carbonyl (C=O) groups excluding carboxylic acids is 1. The van der Waals surface area contributed by atoms with E-state index in [1.807, 2.05) is 23.1 Å². The molecule has 0 aliphatic carbocycles. The molecule has 2 fully saturated rings. The highest BCUT2D eigenvalue weighted by Crippen LogP contribution is 2.15. The molecule has 0 aromatic heterocycles. The average Bonchev–Trinajstić information content (AvgIpc) is 2.55. The van der Waals surface area contributed by atoms with Gasteiger partial charge in [0.2, 0.25) is 0 Å². The number of hydrogen-bond donors (Lipinski definition) is 1. The Bertz CT molecular complexity index is 494. The molecule has 5 heteroatoms. The number of hydrogen-bond acceptors (Lipinski definition) is 4. The molecule has 2 saturated heterocycles. The van der Waals surface area contributed by atoms with Crippen molar-refractivity contribution in [3.05, 3.63) is 35.9 Å². The second-order valence-corrected chi connectivity index (χ2v) is 6.27. The quantitative estimate of drug-likeness (QED) is 0.899. The summed E-state index contributed by atoms with van der Waals surface area (Å²) in [6, 6.07) is 10.5. The minimum atomic E-state index is -0.345. The molecule has 2 N–H and O–H groups in total. The Kier molecular flexibility index (Phi) is 5.08. The summed E-state index contributed by atoms with van der Waals surface area (Å²) in [4.78, 5) is 16.8. The van der Waals surface area contributed by atoms with Crippen LogP contribution in [-0.2, 0) is 16.1 Å². The van der Waals surface area contributed by atoms with E-state index in [9.17, 15) is 4.79 Å². The normalized spacial score (nSPS) is 26.9. The summed E-state index contributed by atoms with van der Waals surface area (Å²) in [6.07, 6.45) is 1.66. The number of rotatable bonds is 3. The highest BCUT2D eigenvalue weighted by molar-refractivity contribution is 5.81. The predicted molar refractivity (Wildman–Crippen MR) is 85.2 cm³/mol. The summed E-state index contributed by atoms with van der Waals surface area (Å²) in [7, 11) is 0. The van der Waals surface area contributed by atoms with Crippen molar-refractivity contribution in [2.24, 2.45) is 5.73 Å². The van der Waals surface area contributed by atoms with Crippen molar-refractivity contribution < 1.29 is 9.53 Å². The van der Waals surface area contributed by atoms with Crippen LogP contribution in [0.1, 0.15) is 18.4 Å². The Morgan fingerprint density at radius 1 is 1.23 bits per heavy atom. The van der Waals surface area contributed by atoms with Crippen molar-refractivity contribution >= 4 is 5.91 Å². The number of carbonyl (C=O) groups is 1. The summed E-state index contributed by atoms with van der Waals surface area (Å²) in [5, 5.41) is 0. The number of likely N-dealkylation sites (tertiary alicyclic amines) is 1. The molecular formula is C17H25N3O2. The van der Waals surface area contributed by atoms with Gasteiger partial charge in [-0.3, -0.25) is 9.69 Å². The van der Waals surface area contributed by atoms with Gasteiger partial charge in [0.25, 0.3) is 5.91 Å². The lowest BCUT2D eigenvalue weighted by atomic mass is 10.1. The van der Waals surface area contributed by atoms with Crippen LogP contribution in [0.2, 0.25) is 0 Å². The van der Waals surface area contributed by atoms with E-state index in [4.69, 9.17) is 10.5 Å². The van der Waals surface area contributed by atoms with Gasteiger partial charge in [-0.25, -0.2) is 0 Å². The monoisotopic (exact) mass is 303 g/mol. The van der Waals surface area contributed by atoms with Gasteiger partial charge in [-0.05, 0) is 18.4 Å². The first-order chi connectivity index (χ1) is 10.7. The fourth-order valence-corrected chi connectivity index (χ4v) is 3.25. The van der Waals surface area contributed by atoms with E-state index in [1.165, 1.54) is 5.56 Å². The van der Waals surface area contributed by atoms with Gasteiger partial charge < -0.3 is 15.4 Å².